The highest BCUT2D eigenvalue weighted by Gasteiger charge is 2.22. The first-order chi connectivity index (χ1) is 11.0. The van der Waals surface area contributed by atoms with E-state index in [0.29, 0.717) is 18.3 Å². The lowest BCUT2D eigenvalue weighted by Crippen LogP contribution is -2.50. The number of nitrogen functional groups attached to an aromatic ring is 2. The normalized spacial score (nSPS) is 18.2. The van der Waals surface area contributed by atoms with Gasteiger partial charge in [0.1, 0.15) is 17.5 Å². The number of rotatable bonds is 3. The molecule has 3 rings (SSSR count). The number of anilines is 3. The van der Waals surface area contributed by atoms with Crippen molar-refractivity contribution in [3.05, 3.63) is 41.2 Å². The molecule has 1 saturated heterocycles. The fourth-order valence-corrected chi connectivity index (χ4v) is 2.91. The highest BCUT2D eigenvalue weighted by molar-refractivity contribution is 5.61. The van der Waals surface area contributed by atoms with Crippen LogP contribution >= 0.6 is 0 Å². The molecular weight excluding hydrogens is 295 g/mol. The number of hydrogen-bond acceptors (Lipinski definition) is 6. The van der Waals surface area contributed by atoms with Crippen LogP contribution in [0.25, 0.3) is 0 Å². The molecule has 1 fully saturated rings. The van der Waals surface area contributed by atoms with Crippen LogP contribution in [-0.2, 0) is 6.42 Å². The van der Waals surface area contributed by atoms with Crippen LogP contribution in [0.3, 0.4) is 0 Å². The lowest BCUT2D eigenvalue weighted by Gasteiger charge is -2.34. The summed E-state index contributed by atoms with van der Waals surface area (Å²) in [4.78, 5) is 10.6. The molecule has 7 heteroatoms. The van der Waals surface area contributed by atoms with E-state index in [0.717, 1.165) is 36.6 Å². The van der Waals surface area contributed by atoms with E-state index in [2.05, 4.69) is 27.1 Å². The van der Waals surface area contributed by atoms with Crippen molar-refractivity contribution in [2.75, 3.05) is 36.0 Å². The molecule has 2 aromatic rings. The van der Waals surface area contributed by atoms with E-state index in [-0.39, 0.29) is 11.8 Å². The molecule has 0 aliphatic carbocycles. The Bertz CT molecular complexity index is 705. The van der Waals surface area contributed by atoms with E-state index >= 15 is 0 Å². The quantitative estimate of drug-likeness (QED) is 0.787. The van der Waals surface area contributed by atoms with Crippen LogP contribution in [0.4, 0.5) is 22.0 Å². The second-order valence-electron chi connectivity index (χ2n) is 5.88. The zero-order valence-corrected chi connectivity index (χ0v) is 13.1. The Balaban J connectivity index is 1.98. The topological polar surface area (TPSA) is 93.1 Å². The molecule has 1 aliphatic heterocycles. The largest absolute Gasteiger partial charge is 0.383 e. The maximum Gasteiger partial charge on any atom is 0.223 e. The van der Waals surface area contributed by atoms with Crippen LogP contribution in [0.1, 0.15) is 18.1 Å². The average Bonchev–Trinajstić information content (AvgIpc) is 2.50. The van der Waals surface area contributed by atoms with Crippen LogP contribution in [0.2, 0.25) is 0 Å². The third-order valence-electron chi connectivity index (χ3n) is 3.97. The van der Waals surface area contributed by atoms with Gasteiger partial charge in [0.2, 0.25) is 5.95 Å². The van der Waals surface area contributed by atoms with Crippen LogP contribution in [0.5, 0.6) is 0 Å². The van der Waals surface area contributed by atoms with Crippen molar-refractivity contribution in [3.8, 4) is 0 Å². The molecule has 0 radical (unpaired) electrons. The Hall–Kier alpha value is -2.41. The van der Waals surface area contributed by atoms with Gasteiger partial charge in [0, 0.05) is 37.7 Å². The number of hydrogen-bond donors (Lipinski definition) is 3. The molecule has 1 atom stereocenters. The van der Waals surface area contributed by atoms with Gasteiger partial charge in [-0.05, 0) is 24.6 Å². The SMILES string of the molecule is C[C@@H]1CN(c2nc(N)nc(N)c2Cc2cccc(F)c2)CCN1. The average molecular weight is 316 g/mol. The molecule has 0 saturated carbocycles. The van der Waals surface area contributed by atoms with Gasteiger partial charge in [0.25, 0.3) is 0 Å². The minimum Gasteiger partial charge on any atom is -0.383 e. The highest BCUT2D eigenvalue weighted by atomic mass is 19.1. The van der Waals surface area contributed by atoms with Crippen molar-refractivity contribution in [1.82, 2.24) is 15.3 Å². The lowest BCUT2D eigenvalue weighted by atomic mass is 10.0. The molecule has 0 spiro atoms. The zero-order chi connectivity index (χ0) is 16.4. The number of nitrogens with one attached hydrogen (secondary N) is 1. The number of benzene rings is 1. The summed E-state index contributed by atoms with van der Waals surface area (Å²) in [6.45, 7) is 4.61. The second-order valence-corrected chi connectivity index (χ2v) is 5.88. The van der Waals surface area contributed by atoms with E-state index in [4.69, 9.17) is 11.5 Å². The van der Waals surface area contributed by atoms with Crippen molar-refractivity contribution < 1.29 is 4.39 Å². The summed E-state index contributed by atoms with van der Waals surface area (Å²) >= 11 is 0. The number of nitrogens with zero attached hydrogens (tertiary/aromatic N) is 3. The molecule has 0 bridgehead atoms. The predicted octanol–water partition coefficient (Wildman–Crippen LogP) is 1.17. The fraction of sp³-hybridized carbons (Fsp3) is 0.375. The van der Waals surface area contributed by atoms with Gasteiger partial charge in [-0.15, -0.1) is 0 Å². The molecule has 5 N–H and O–H groups in total. The minimum absolute atomic E-state index is 0.159. The van der Waals surface area contributed by atoms with E-state index in [9.17, 15) is 4.39 Å². The summed E-state index contributed by atoms with van der Waals surface area (Å²) in [5.41, 5.74) is 13.5. The first-order valence-corrected chi connectivity index (χ1v) is 7.67. The number of piperazine rings is 1. The zero-order valence-electron chi connectivity index (χ0n) is 13.1. The maximum absolute atomic E-state index is 13.4. The Kier molecular flexibility index (Phi) is 4.29. The van der Waals surface area contributed by atoms with Crippen LogP contribution in [0, 0.1) is 5.82 Å². The van der Waals surface area contributed by atoms with Gasteiger partial charge in [-0.3, -0.25) is 0 Å². The molecule has 23 heavy (non-hydrogen) atoms. The fourth-order valence-electron chi connectivity index (χ4n) is 2.91. The van der Waals surface area contributed by atoms with Gasteiger partial charge in [0.15, 0.2) is 0 Å². The first-order valence-electron chi connectivity index (χ1n) is 7.67. The lowest BCUT2D eigenvalue weighted by molar-refractivity contribution is 0.481. The van der Waals surface area contributed by atoms with Crippen molar-refractivity contribution in [2.24, 2.45) is 0 Å². The van der Waals surface area contributed by atoms with Gasteiger partial charge in [-0.25, -0.2) is 4.39 Å². The van der Waals surface area contributed by atoms with Crippen LogP contribution < -0.4 is 21.7 Å². The third kappa shape index (κ3) is 3.50. The van der Waals surface area contributed by atoms with E-state index in [1.54, 1.807) is 6.07 Å². The molecule has 1 aromatic heterocycles. The highest BCUT2D eigenvalue weighted by Crippen LogP contribution is 2.27. The number of aromatic nitrogens is 2. The Morgan fingerprint density at radius 2 is 2.17 bits per heavy atom. The summed E-state index contributed by atoms with van der Waals surface area (Å²) < 4.78 is 13.4. The smallest absolute Gasteiger partial charge is 0.223 e. The molecule has 0 unspecified atom stereocenters. The third-order valence-corrected chi connectivity index (χ3v) is 3.97. The van der Waals surface area contributed by atoms with Gasteiger partial charge < -0.3 is 21.7 Å². The molecule has 1 aliphatic rings. The molecule has 2 heterocycles. The van der Waals surface area contributed by atoms with Gasteiger partial charge in [-0.2, -0.15) is 9.97 Å². The van der Waals surface area contributed by atoms with E-state index < -0.39 is 0 Å². The molecule has 122 valence electrons. The van der Waals surface area contributed by atoms with Crippen LogP contribution in [-0.4, -0.2) is 35.6 Å². The molecular formula is C16H21FN6. The first kappa shape index (κ1) is 15.5. The number of nitrogens with two attached hydrogens (primary N) is 2. The van der Waals surface area contributed by atoms with Crippen LogP contribution in [0.15, 0.2) is 24.3 Å². The molecule has 1 aromatic carbocycles. The Morgan fingerprint density at radius 1 is 1.35 bits per heavy atom. The molecule has 6 nitrogen and oxygen atoms in total. The minimum atomic E-state index is -0.269. The molecule has 0 amide bonds. The maximum atomic E-state index is 13.4. The van der Waals surface area contributed by atoms with E-state index in [1.807, 2.05) is 6.07 Å². The van der Waals surface area contributed by atoms with Gasteiger partial charge >= 0.3 is 0 Å². The van der Waals surface area contributed by atoms with Crippen molar-refractivity contribution in [3.63, 3.8) is 0 Å². The van der Waals surface area contributed by atoms with Crippen molar-refractivity contribution in [2.45, 2.75) is 19.4 Å². The summed E-state index contributed by atoms with van der Waals surface area (Å²) in [5, 5.41) is 3.39. The summed E-state index contributed by atoms with van der Waals surface area (Å²) in [6.07, 6.45) is 0.470. The Morgan fingerprint density at radius 3 is 2.91 bits per heavy atom. The number of halogens is 1. The Labute approximate surface area is 134 Å². The standard InChI is InChI=1S/C16H21FN6/c1-10-9-23(6-5-20-10)15-13(14(18)21-16(19)22-15)8-11-3-2-4-12(17)7-11/h2-4,7,10,20H,5-6,8-9H2,1H3,(H4,18,19,21,22)/t10-/m1/s1. The van der Waals surface area contributed by atoms with Crippen molar-refractivity contribution in [1.29, 1.82) is 0 Å². The summed E-state index contributed by atoms with van der Waals surface area (Å²) in [5.74, 6) is 0.983. The van der Waals surface area contributed by atoms with Gasteiger partial charge in [-0.1, -0.05) is 12.1 Å². The summed E-state index contributed by atoms with van der Waals surface area (Å²) in [6, 6.07) is 6.82. The monoisotopic (exact) mass is 316 g/mol. The van der Waals surface area contributed by atoms with Gasteiger partial charge in [0.05, 0.1) is 0 Å². The summed E-state index contributed by atoms with van der Waals surface area (Å²) in [7, 11) is 0. The second kappa shape index (κ2) is 6.37. The predicted molar refractivity (Wildman–Crippen MR) is 89.7 cm³/mol. The van der Waals surface area contributed by atoms with E-state index in [1.165, 1.54) is 12.1 Å². The van der Waals surface area contributed by atoms with Crippen molar-refractivity contribution >= 4 is 17.6 Å².